The van der Waals surface area contributed by atoms with Gasteiger partial charge in [0.15, 0.2) is 0 Å². The van der Waals surface area contributed by atoms with Crippen LogP contribution in [-0.2, 0) is 32.6 Å². The van der Waals surface area contributed by atoms with E-state index < -0.39 is 34.2 Å². The minimum atomic E-state index is -3.41. The number of ether oxygens (including phenoxy) is 1. The fourth-order valence-corrected chi connectivity index (χ4v) is 10.7. The van der Waals surface area contributed by atoms with Crippen molar-refractivity contribution in [2.45, 2.75) is 83.8 Å². The van der Waals surface area contributed by atoms with Gasteiger partial charge in [-0.15, -0.1) is 0 Å². The molecule has 1 aliphatic heterocycles. The van der Waals surface area contributed by atoms with Crippen molar-refractivity contribution in [3.63, 3.8) is 0 Å². The zero-order valence-electron chi connectivity index (χ0n) is 37.8. The number of hydrogen-bond acceptors (Lipinski definition) is 11. The van der Waals surface area contributed by atoms with E-state index in [9.17, 15) is 28.2 Å². The first kappa shape index (κ1) is 47.4. The normalized spacial score (nSPS) is 25.5. The van der Waals surface area contributed by atoms with E-state index >= 15 is 0 Å². The van der Waals surface area contributed by atoms with Crippen molar-refractivity contribution >= 4 is 27.5 Å². The van der Waals surface area contributed by atoms with Gasteiger partial charge in [0, 0.05) is 67.1 Å². The third-order valence-electron chi connectivity index (χ3n) is 13.7. The molecule has 3 aromatic rings. The number of sulfonamides is 1. The Morgan fingerprint density at radius 3 is 2.39 bits per heavy atom. The lowest BCUT2D eigenvalue weighted by molar-refractivity contribution is -0.183. The summed E-state index contributed by atoms with van der Waals surface area (Å²) in [5.41, 5.74) is 4.50. The van der Waals surface area contributed by atoms with E-state index in [0.29, 0.717) is 71.0 Å². The number of fused-ring (bicyclic) bond motifs is 2. The molecular weight excluding hydrogens is 809 g/mol. The summed E-state index contributed by atoms with van der Waals surface area (Å²) in [6.45, 7) is 9.32. The smallest absolute Gasteiger partial charge is 0.251 e. The maximum Gasteiger partial charge on any atom is 0.251 e. The Labute approximate surface area is 368 Å². The Morgan fingerprint density at radius 1 is 1.05 bits per heavy atom. The largest absolute Gasteiger partial charge is 0.496 e. The molecule has 3 saturated carbocycles. The van der Waals surface area contributed by atoms with Crippen LogP contribution in [-0.4, -0.2) is 131 Å². The van der Waals surface area contributed by atoms with Crippen LogP contribution in [0.15, 0.2) is 66.7 Å². The maximum absolute atomic E-state index is 14.4. The molecule has 1 saturated heterocycles. The molecule has 15 heteroatoms. The van der Waals surface area contributed by atoms with Crippen molar-refractivity contribution < 1.29 is 37.8 Å². The minimum absolute atomic E-state index is 0.00252. The van der Waals surface area contributed by atoms with Gasteiger partial charge in [-0.2, -0.15) is 5.06 Å². The molecule has 0 spiro atoms. The summed E-state index contributed by atoms with van der Waals surface area (Å²) in [7, 11) is 3.93. The first-order valence-electron chi connectivity index (χ1n) is 21.8. The number of benzene rings is 3. The van der Waals surface area contributed by atoms with Crippen molar-refractivity contribution in [2.75, 3.05) is 65.6 Å². The second-order valence-corrected chi connectivity index (χ2v) is 20.5. The fourth-order valence-electron chi connectivity index (χ4n) is 10.2. The molecule has 62 heavy (non-hydrogen) atoms. The SMILES string of the molecule is COc1c(CN2O[C@@H](CO)[C@@H]([C@H](C)O)[C@H]2C(=O)N[C@H]2C[C@H]3CC([C@@H]2C)C3(C)C)cccc1-c1cc(C(=O)N[C@@H](Cc2ccccc2)CN(C)C)cc(N(C)CCNS(C)(=O)=O)c1. The number of carbonyl (C=O) groups excluding carboxylic acids is 2. The average Bonchev–Trinajstić information content (AvgIpc) is 3.59. The first-order chi connectivity index (χ1) is 29.3. The predicted octanol–water partition coefficient (Wildman–Crippen LogP) is 3.91. The molecular formula is C47H68N6O8S. The molecule has 14 nitrogen and oxygen atoms in total. The van der Waals surface area contributed by atoms with Crippen LogP contribution >= 0.6 is 0 Å². The second-order valence-electron chi connectivity index (χ2n) is 18.7. The number of carbonyl (C=O) groups is 2. The number of rotatable bonds is 19. The van der Waals surface area contributed by atoms with E-state index in [4.69, 9.17) is 9.57 Å². The van der Waals surface area contributed by atoms with Crippen molar-refractivity contribution in [2.24, 2.45) is 29.1 Å². The van der Waals surface area contributed by atoms with E-state index in [1.807, 2.05) is 91.6 Å². The summed E-state index contributed by atoms with van der Waals surface area (Å²) in [6.07, 6.45) is 2.07. The molecule has 0 aromatic heterocycles. The van der Waals surface area contributed by atoms with Gasteiger partial charge in [-0.25, -0.2) is 13.1 Å². The fraction of sp³-hybridized carbons (Fsp3) is 0.574. The lowest BCUT2D eigenvalue weighted by Gasteiger charge is -2.62. The molecule has 3 aliphatic carbocycles. The van der Waals surface area contributed by atoms with E-state index in [0.717, 1.165) is 18.2 Å². The van der Waals surface area contributed by atoms with Crippen LogP contribution in [0.25, 0.3) is 11.1 Å². The number of amides is 2. The number of likely N-dealkylation sites (N-methyl/N-ethyl adjacent to an activating group) is 2. The number of aliphatic hydroxyl groups excluding tert-OH is 2. The second kappa shape index (κ2) is 19.7. The zero-order valence-corrected chi connectivity index (χ0v) is 38.6. The summed E-state index contributed by atoms with van der Waals surface area (Å²) < 4.78 is 32.5. The quantitative estimate of drug-likeness (QED) is 0.118. The van der Waals surface area contributed by atoms with Crippen LogP contribution in [0.1, 0.15) is 62.0 Å². The van der Waals surface area contributed by atoms with Crippen molar-refractivity contribution in [1.29, 1.82) is 0 Å². The van der Waals surface area contributed by atoms with Crippen LogP contribution in [0, 0.1) is 29.1 Å². The van der Waals surface area contributed by atoms with Gasteiger partial charge >= 0.3 is 0 Å². The van der Waals surface area contributed by atoms with Crippen molar-refractivity contribution in [3.8, 4) is 16.9 Å². The Balaban J connectivity index is 1.32. The number of anilines is 1. The predicted molar refractivity (Wildman–Crippen MR) is 242 cm³/mol. The minimum Gasteiger partial charge on any atom is -0.496 e. The number of hydrogen-bond donors (Lipinski definition) is 5. The summed E-state index contributed by atoms with van der Waals surface area (Å²) >= 11 is 0. The Morgan fingerprint density at radius 2 is 1.77 bits per heavy atom. The number of methoxy groups -OCH3 is 1. The third kappa shape index (κ3) is 10.8. The van der Waals surface area contributed by atoms with Crippen LogP contribution < -0.4 is 25.0 Å². The Bertz CT molecular complexity index is 2140. The standard InChI is InChI=1S/C47H68N6O8S/c1-29-39-24-35(47(39,3)4)25-40(29)50-46(57)43-42(30(2)55)41(28-54)61-53(43)26-32-16-13-17-38(44(32)60-8)33-21-34(23-37(22-33)52(7)19-18-48-62(9,58)59)45(56)49-36(27-51(5)6)20-31-14-11-10-12-15-31/h10-17,21-23,29-30,35-36,39-43,48,54-55H,18-20,24-28H2,1-9H3,(H,49,56)(H,50,57)/t29-,30-,35+,36-,39?,40-,41-,42+,43-/m0/s1. The summed E-state index contributed by atoms with van der Waals surface area (Å²) in [4.78, 5) is 38.9. The highest BCUT2D eigenvalue weighted by Crippen LogP contribution is 2.61. The van der Waals surface area contributed by atoms with E-state index in [1.165, 1.54) is 6.42 Å². The number of para-hydroxylation sites is 1. The molecule has 340 valence electrons. The highest BCUT2D eigenvalue weighted by Gasteiger charge is 2.57. The highest BCUT2D eigenvalue weighted by molar-refractivity contribution is 7.88. The third-order valence-corrected chi connectivity index (χ3v) is 14.4. The molecule has 4 fully saturated rings. The van der Waals surface area contributed by atoms with Gasteiger partial charge in [-0.3, -0.25) is 14.4 Å². The van der Waals surface area contributed by atoms with Gasteiger partial charge in [-0.05, 0) is 92.8 Å². The highest BCUT2D eigenvalue weighted by atomic mass is 32.2. The molecule has 7 rings (SSSR count). The molecule has 0 radical (unpaired) electrons. The van der Waals surface area contributed by atoms with Crippen LogP contribution in [0.4, 0.5) is 5.69 Å². The van der Waals surface area contributed by atoms with E-state index in [1.54, 1.807) is 25.2 Å². The lowest BCUT2D eigenvalue weighted by Crippen LogP contribution is -2.62. The zero-order chi connectivity index (χ0) is 45.1. The Kier molecular flexibility index (Phi) is 15.1. The molecule has 5 N–H and O–H groups in total. The van der Waals surface area contributed by atoms with Gasteiger partial charge in [0.05, 0.1) is 32.6 Å². The number of nitrogens with zero attached hydrogens (tertiary/aromatic N) is 3. The monoisotopic (exact) mass is 876 g/mol. The van der Waals surface area contributed by atoms with Gasteiger partial charge in [0.25, 0.3) is 5.91 Å². The number of nitrogens with one attached hydrogen (secondary N) is 3. The number of hydroxylamine groups is 2. The van der Waals surface area contributed by atoms with Crippen LogP contribution in [0.3, 0.4) is 0 Å². The van der Waals surface area contributed by atoms with E-state index in [2.05, 4.69) is 36.1 Å². The molecule has 9 atom stereocenters. The number of aliphatic hydroxyl groups is 2. The lowest BCUT2D eigenvalue weighted by atomic mass is 9.45. The summed E-state index contributed by atoms with van der Waals surface area (Å²) in [5, 5.41) is 29.7. The van der Waals surface area contributed by atoms with Crippen LogP contribution in [0.5, 0.6) is 5.75 Å². The van der Waals surface area contributed by atoms with Crippen LogP contribution in [0.2, 0.25) is 0 Å². The van der Waals surface area contributed by atoms with E-state index in [-0.39, 0.29) is 49.0 Å². The van der Waals surface area contributed by atoms with Crippen molar-refractivity contribution in [3.05, 3.63) is 83.4 Å². The topological polar surface area (TPSA) is 173 Å². The molecule has 1 heterocycles. The van der Waals surface area contributed by atoms with Gasteiger partial charge in [0.2, 0.25) is 15.9 Å². The van der Waals surface area contributed by atoms with Gasteiger partial charge in [-0.1, -0.05) is 69.3 Å². The van der Waals surface area contributed by atoms with Gasteiger partial charge < -0.3 is 35.4 Å². The maximum atomic E-state index is 14.4. The molecule has 2 amide bonds. The molecule has 1 unspecified atom stereocenters. The molecule has 2 bridgehead atoms. The molecule has 4 aliphatic rings. The average molecular weight is 877 g/mol. The first-order valence-corrected chi connectivity index (χ1v) is 23.7. The summed E-state index contributed by atoms with van der Waals surface area (Å²) in [6, 6.07) is 20.2. The van der Waals surface area contributed by atoms with Crippen molar-refractivity contribution in [1.82, 2.24) is 25.3 Å². The van der Waals surface area contributed by atoms with Gasteiger partial charge in [0.1, 0.15) is 17.9 Å². The Hall–Kier alpha value is -4.09. The molecule has 3 aromatic carbocycles. The summed E-state index contributed by atoms with van der Waals surface area (Å²) in [5.74, 6) is 0.662.